The molecule has 2 N–H and O–H groups in total. The maximum absolute atomic E-state index is 12.4. The van der Waals surface area contributed by atoms with Crippen LogP contribution in [0.3, 0.4) is 0 Å². The van der Waals surface area contributed by atoms with Crippen LogP contribution in [0.4, 0.5) is 0 Å². The van der Waals surface area contributed by atoms with E-state index in [9.17, 15) is 4.79 Å². The summed E-state index contributed by atoms with van der Waals surface area (Å²) in [5.41, 5.74) is 10.6. The number of carbonyl (C=O) groups is 1. The number of nitrogens with two attached hydrogens (primary N) is 1. The Labute approximate surface area is 162 Å². The molecule has 1 amide bonds. The molecule has 26 heavy (non-hydrogen) atoms. The lowest BCUT2D eigenvalue weighted by Gasteiger charge is -2.24. The van der Waals surface area contributed by atoms with E-state index in [2.05, 4.69) is 32.3 Å². The molecule has 1 atom stereocenters. The Balaban J connectivity index is 2.74. The smallest absolute Gasteiger partial charge is 0.251 e. The van der Waals surface area contributed by atoms with E-state index in [1.165, 1.54) is 18.5 Å². The van der Waals surface area contributed by atoms with Crippen LogP contribution in [0, 0.1) is 12.8 Å². The third kappa shape index (κ3) is 4.15. The fourth-order valence-electron chi connectivity index (χ4n) is 3.63. The average Bonchev–Trinajstić information content (AvgIpc) is 2.87. The summed E-state index contributed by atoms with van der Waals surface area (Å²) < 4.78 is 2.34. The van der Waals surface area contributed by atoms with Crippen LogP contribution in [-0.2, 0) is 6.42 Å². The fourth-order valence-corrected chi connectivity index (χ4v) is 3.76. The van der Waals surface area contributed by atoms with Crippen molar-refractivity contribution in [3.63, 3.8) is 0 Å². The molecule has 0 saturated heterocycles. The van der Waals surface area contributed by atoms with E-state index in [0.29, 0.717) is 22.5 Å². The molecule has 1 heterocycles. The minimum Gasteiger partial charge on any atom is -0.366 e. The SMILES string of the molecule is CCCCCc1c(-c2ccc(Cl)cc2)c(C(N)=O)c(C)n1C(C)C(C)C. The standard InChI is InChI=1S/C22H31ClN2O/c1-6-7-8-9-19-21(17-10-12-18(23)13-11-17)20(22(24)26)16(5)25(19)15(4)14(2)3/h10-15H,6-9H2,1-5H3,(H2,24,26). The Kier molecular flexibility index (Phi) is 6.94. The highest BCUT2D eigenvalue weighted by Crippen LogP contribution is 2.37. The topological polar surface area (TPSA) is 48.0 Å². The second-order valence-corrected chi connectivity index (χ2v) is 7.90. The zero-order valence-corrected chi connectivity index (χ0v) is 17.4. The summed E-state index contributed by atoms with van der Waals surface area (Å²) in [7, 11) is 0. The van der Waals surface area contributed by atoms with Crippen LogP contribution in [0.2, 0.25) is 5.02 Å². The molecule has 1 unspecified atom stereocenters. The summed E-state index contributed by atoms with van der Waals surface area (Å²) in [6.45, 7) is 10.9. The van der Waals surface area contributed by atoms with Gasteiger partial charge in [0.25, 0.3) is 5.91 Å². The monoisotopic (exact) mass is 374 g/mol. The molecule has 2 aromatic rings. The first-order chi connectivity index (χ1) is 12.3. The van der Waals surface area contributed by atoms with Crippen molar-refractivity contribution < 1.29 is 4.79 Å². The molecule has 1 aromatic carbocycles. The summed E-state index contributed by atoms with van der Waals surface area (Å²) in [5, 5.41) is 0.689. The van der Waals surface area contributed by atoms with Gasteiger partial charge in [0.2, 0.25) is 0 Å². The van der Waals surface area contributed by atoms with Gasteiger partial charge in [-0.05, 0) is 50.3 Å². The van der Waals surface area contributed by atoms with Gasteiger partial charge in [-0.25, -0.2) is 0 Å². The van der Waals surface area contributed by atoms with Gasteiger partial charge in [0.05, 0.1) is 5.56 Å². The summed E-state index contributed by atoms with van der Waals surface area (Å²) in [5.74, 6) is 0.101. The number of primary amides is 1. The van der Waals surface area contributed by atoms with Crippen LogP contribution >= 0.6 is 11.6 Å². The zero-order valence-electron chi connectivity index (χ0n) is 16.6. The van der Waals surface area contributed by atoms with Crippen molar-refractivity contribution in [3.05, 3.63) is 46.2 Å². The van der Waals surface area contributed by atoms with E-state index < -0.39 is 0 Å². The van der Waals surface area contributed by atoms with E-state index in [-0.39, 0.29) is 5.91 Å². The van der Waals surface area contributed by atoms with Gasteiger partial charge in [-0.2, -0.15) is 0 Å². The number of carbonyl (C=O) groups excluding carboxylic acids is 1. The van der Waals surface area contributed by atoms with Crippen LogP contribution in [0.1, 0.15) is 74.7 Å². The molecule has 142 valence electrons. The minimum atomic E-state index is -0.362. The van der Waals surface area contributed by atoms with E-state index in [0.717, 1.165) is 29.7 Å². The highest BCUT2D eigenvalue weighted by atomic mass is 35.5. The molecule has 2 rings (SSSR count). The lowest BCUT2D eigenvalue weighted by atomic mass is 9.97. The molecule has 0 saturated carbocycles. The molecule has 0 spiro atoms. The summed E-state index contributed by atoms with van der Waals surface area (Å²) in [6.07, 6.45) is 4.38. The summed E-state index contributed by atoms with van der Waals surface area (Å²) in [4.78, 5) is 12.4. The van der Waals surface area contributed by atoms with Crippen molar-refractivity contribution in [3.8, 4) is 11.1 Å². The van der Waals surface area contributed by atoms with Crippen molar-refractivity contribution in [2.45, 2.75) is 66.3 Å². The third-order valence-electron chi connectivity index (χ3n) is 5.32. The number of unbranched alkanes of at least 4 members (excludes halogenated alkanes) is 2. The number of halogens is 1. The second-order valence-electron chi connectivity index (χ2n) is 7.46. The molecule has 0 fully saturated rings. The van der Waals surface area contributed by atoms with E-state index in [1.54, 1.807) is 0 Å². The first-order valence-corrected chi connectivity index (χ1v) is 9.96. The van der Waals surface area contributed by atoms with Crippen molar-refractivity contribution in [1.29, 1.82) is 0 Å². The summed E-state index contributed by atoms with van der Waals surface area (Å²) >= 11 is 6.08. The Morgan fingerprint density at radius 2 is 1.77 bits per heavy atom. The van der Waals surface area contributed by atoms with Gasteiger partial charge >= 0.3 is 0 Å². The zero-order chi connectivity index (χ0) is 19.4. The van der Waals surface area contributed by atoms with Gasteiger partial charge in [-0.1, -0.05) is 57.3 Å². The first-order valence-electron chi connectivity index (χ1n) is 9.58. The minimum absolute atomic E-state index is 0.297. The Morgan fingerprint density at radius 3 is 2.27 bits per heavy atom. The van der Waals surface area contributed by atoms with Gasteiger partial charge < -0.3 is 10.3 Å². The van der Waals surface area contributed by atoms with Crippen molar-refractivity contribution in [1.82, 2.24) is 4.57 Å². The number of hydrogen-bond donors (Lipinski definition) is 1. The first kappa shape index (κ1) is 20.6. The van der Waals surface area contributed by atoms with Crippen molar-refractivity contribution >= 4 is 17.5 Å². The molecule has 4 heteroatoms. The van der Waals surface area contributed by atoms with Crippen molar-refractivity contribution in [2.75, 3.05) is 0 Å². The number of amides is 1. The molecule has 0 aliphatic carbocycles. The highest BCUT2D eigenvalue weighted by Gasteiger charge is 2.27. The van der Waals surface area contributed by atoms with E-state index >= 15 is 0 Å². The second kappa shape index (κ2) is 8.77. The van der Waals surface area contributed by atoms with Crippen LogP contribution in [0.25, 0.3) is 11.1 Å². The van der Waals surface area contributed by atoms with Gasteiger partial charge in [-0.3, -0.25) is 4.79 Å². The number of aromatic nitrogens is 1. The highest BCUT2D eigenvalue weighted by molar-refractivity contribution is 6.30. The molecule has 0 aliphatic heterocycles. The number of rotatable bonds is 8. The van der Waals surface area contributed by atoms with Crippen LogP contribution in [0.15, 0.2) is 24.3 Å². The predicted octanol–water partition coefficient (Wildman–Crippen LogP) is 6.17. The molecule has 0 bridgehead atoms. The molecule has 0 radical (unpaired) electrons. The van der Waals surface area contributed by atoms with E-state index in [4.69, 9.17) is 17.3 Å². The van der Waals surface area contributed by atoms with Crippen LogP contribution in [0.5, 0.6) is 0 Å². The van der Waals surface area contributed by atoms with E-state index in [1.807, 2.05) is 31.2 Å². The normalized spacial score (nSPS) is 12.6. The third-order valence-corrected chi connectivity index (χ3v) is 5.57. The largest absolute Gasteiger partial charge is 0.366 e. The molecular weight excluding hydrogens is 344 g/mol. The summed E-state index contributed by atoms with van der Waals surface area (Å²) in [6, 6.07) is 8.01. The van der Waals surface area contributed by atoms with Gasteiger partial charge in [0.15, 0.2) is 0 Å². The predicted molar refractivity (Wildman–Crippen MR) is 111 cm³/mol. The fraction of sp³-hybridized carbons (Fsp3) is 0.500. The Hall–Kier alpha value is -1.74. The molecule has 0 aliphatic rings. The Morgan fingerprint density at radius 1 is 1.15 bits per heavy atom. The number of nitrogens with zero attached hydrogens (tertiary/aromatic N) is 1. The van der Waals surface area contributed by atoms with Crippen LogP contribution in [-0.4, -0.2) is 10.5 Å². The quantitative estimate of drug-likeness (QED) is 0.552. The molecular formula is C22H31ClN2O. The van der Waals surface area contributed by atoms with Crippen molar-refractivity contribution in [2.24, 2.45) is 11.7 Å². The Bertz CT molecular complexity index is 759. The average molecular weight is 375 g/mol. The van der Waals surface area contributed by atoms with Gasteiger partial charge in [0, 0.05) is 28.0 Å². The number of benzene rings is 1. The lowest BCUT2D eigenvalue weighted by Crippen LogP contribution is -2.17. The molecule has 3 nitrogen and oxygen atoms in total. The number of hydrogen-bond acceptors (Lipinski definition) is 1. The van der Waals surface area contributed by atoms with Crippen LogP contribution < -0.4 is 5.73 Å². The molecule has 1 aromatic heterocycles. The maximum Gasteiger partial charge on any atom is 0.251 e. The van der Waals surface area contributed by atoms with Gasteiger partial charge in [0.1, 0.15) is 0 Å². The van der Waals surface area contributed by atoms with Gasteiger partial charge in [-0.15, -0.1) is 0 Å². The maximum atomic E-state index is 12.4. The lowest BCUT2D eigenvalue weighted by molar-refractivity contribution is 0.1000.